The minimum atomic E-state index is -3.96. The molecule has 0 bridgehead atoms. The van der Waals surface area contributed by atoms with E-state index in [1.165, 1.54) is 32.4 Å². The normalized spacial score (nSPS) is 10.9. The van der Waals surface area contributed by atoms with Crippen molar-refractivity contribution in [1.82, 2.24) is 0 Å². The third-order valence-corrected chi connectivity index (χ3v) is 4.37. The molecular formula is C15H14FNO5S. The van der Waals surface area contributed by atoms with Gasteiger partial charge in [-0.05, 0) is 42.5 Å². The zero-order valence-corrected chi connectivity index (χ0v) is 13.2. The summed E-state index contributed by atoms with van der Waals surface area (Å²) >= 11 is 0. The topological polar surface area (TPSA) is 81.7 Å². The van der Waals surface area contributed by atoms with Gasteiger partial charge in [-0.3, -0.25) is 4.72 Å². The number of rotatable bonds is 5. The van der Waals surface area contributed by atoms with Crippen molar-refractivity contribution in [2.24, 2.45) is 0 Å². The second-order valence-electron chi connectivity index (χ2n) is 4.47. The smallest absolute Gasteiger partial charge is 0.337 e. The van der Waals surface area contributed by atoms with E-state index >= 15 is 0 Å². The van der Waals surface area contributed by atoms with Gasteiger partial charge in [0.2, 0.25) is 0 Å². The Morgan fingerprint density at radius 2 is 1.74 bits per heavy atom. The van der Waals surface area contributed by atoms with Crippen LogP contribution >= 0.6 is 0 Å². The van der Waals surface area contributed by atoms with E-state index in [4.69, 9.17) is 4.74 Å². The largest absolute Gasteiger partial charge is 0.495 e. The number of nitrogens with one attached hydrogen (secondary N) is 1. The Bertz CT molecular complexity index is 818. The lowest BCUT2D eigenvalue weighted by Crippen LogP contribution is -2.14. The highest BCUT2D eigenvalue weighted by Crippen LogP contribution is 2.28. The molecule has 0 heterocycles. The summed E-state index contributed by atoms with van der Waals surface area (Å²) in [5.41, 5.74) is 0.227. The Hall–Kier alpha value is -2.61. The van der Waals surface area contributed by atoms with Gasteiger partial charge < -0.3 is 9.47 Å². The van der Waals surface area contributed by atoms with Crippen LogP contribution in [-0.2, 0) is 14.8 Å². The average molecular weight is 339 g/mol. The standard InChI is InChI=1S/C15H14FNO5S/c1-21-14-8-3-10(15(18)22-2)9-13(14)17-23(19,20)12-6-4-11(16)5-7-12/h3-9,17H,1-2H3. The van der Waals surface area contributed by atoms with Gasteiger partial charge in [0, 0.05) is 0 Å². The summed E-state index contributed by atoms with van der Waals surface area (Å²) in [6, 6.07) is 8.52. The summed E-state index contributed by atoms with van der Waals surface area (Å²) in [7, 11) is -1.38. The van der Waals surface area contributed by atoms with E-state index < -0.39 is 21.8 Å². The molecule has 23 heavy (non-hydrogen) atoms. The van der Waals surface area contributed by atoms with E-state index in [0.717, 1.165) is 24.3 Å². The van der Waals surface area contributed by atoms with Crippen LogP contribution in [0.1, 0.15) is 10.4 Å². The predicted molar refractivity (Wildman–Crippen MR) is 81.5 cm³/mol. The fourth-order valence-electron chi connectivity index (χ4n) is 1.85. The highest BCUT2D eigenvalue weighted by Gasteiger charge is 2.18. The van der Waals surface area contributed by atoms with Crippen LogP contribution in [0.25, 0.3) is 0 Å². The van der Waals surface area contributed by atoms with Crippen molar-refractivity contribution >= 4 is 21.7 Å². The number of carbonyl (C=O) groups is 1. The van der Waals surface area contributed by atoms with E-state index in [1.54, 1.807) is 0 Å². The van der Waals surface area contributed by atoms with Gasteiger partial charge in [0.15, 0.2) is 0 Å². The lowest BCUT2D eigenvalue weighted by atomic mass is 10.2. The molecule has 2 aromatic carbocycles. The molecule has 0 radical (unpaired) electrons. The molecule has 0 aliphatic carbocycles. The maximum Gasteiger partial charge on any atom is 0.337 e. The predicted octanol–water partition coefficient (Wildman–Crippen LogP) is 2.42. The average Bonchev–Trinajstić information content (AvgIpc) is 2.54. The zero-order valence-electron chi connectivity index (χ0n) is 12.4. The molecule has 8 heteroatoms. The number of esters is 1. The van der Waals surface area contributed by atoms with Gasteiger partial charge in [-0.15, -0.1) is 0 Å². The Balaban J connectivity index is 2.41. The highest BCUT2D eigenvalue weighted by atomic mass is 32.2. The fraction of sp³-hybridized carbons (Fsp3) is 0.133. The molecule has 2 rings (SSSR count). The van der Waals surface area contributed by atoms with Gasteiger partial charge in [0.1, 0.15) is 11.6 Å². The number of hydrogen-bond donors (Lipinski definition) is 1. The van der Waals surface area contributed by atoms with Crippen molar-refractivity contribution in [2.75, 3.05) is 18.9 Å². The zero-order chi connectivity index (χ0) is 17.0. The van der Waals surface area contributed by atoms with Crippen molar-refractivity contribution in [3.8, 4) is 5.75 Å². The van der Waals surface area contributed by atoms with Gasteiger partial charge in [-0.1, -0.05) is 0 Å². The van der Waals surface area contributed by atoms with Gasteiger partial charge in [-0.25, -0.2) is 17.6 Å². The van der Waals surface area contributed by atoms with Crippen LogP contribution in [0.2, 0.25) is 0 Å². The Labute approximate surface area is 132 Å². The summed E-state index contributed by atoms with van der Waals surface area (Å²) in [6.45, 7) is 0. The molecule has 1 N–H and O–H groups in total. The van der Waals surface area contributed by atoms with Gasteiger partial charge in [-0.2, -0.15) is 0 Å². The Morgan fingerprint density at radius 1 is 1.09 bits per heavy atom. The first-order valence-electron chi connectivity index (χ1n) is 6.42. The lowest BCUT2D eigenvalue weighted by molar-refractivity contribution is 0.0600. The lowest BCUT2D eigenvalue weighted by Gasteiger charge is -2.13. The Kier molecular flexibility index (Phi) is 4.85. The van der Waals surface area contributed by atoms with E-state index in [2.05, 4.69) is 9.46 Å². The maximum absolute atomic E-state index is 12.9. The molecule has 0 fully saturated rings. The summed E-state index contributed by atoms with van der Waals surface area (Å²) in [6.07, 6.45) is 0. The third kappa shape index (κ3) is 3.78. The molecule has 0 saturated heterocycles. The van der Waals surface area contributed by atoms with Crippen LogP contribution in [0.15, 0.2) is 47.4 Å². The second-order valence-corrected chi connectivity index (χ2v) is 6.15. The minimum Gasteiger partial charge on any atom is -0.495 e. The van der Waals surface area contributed by atoms with Crippen molar-refractivity contribution in [3.63, 3.8) is 0 Å². The molecule has 6 nitrogen and oxygen atoms in total. The number of hydrogen-bond acceptors (Lipinski definition) is 5. The van der Waals surface area contributed by atoms with Crippen molar-refractivity contribution in [3.05, 3.63) is 53.8 Å². The second kappa shape index (κ2) is 6.66. The van der Waals surface area contributed by atoms with Crippen LogP contribution in [0.5, 0.6) is 5.75 Å². The molecular weight excluding hydrogens is 325 g/mol. The SMILES string of the molecule is COC(=O)c1ccc(OC)c(NS(=O)(=O)c2ccc(F)cc2)c1. The molecule has 0 spiro atoms. The van der Waals surface area contributed by atoms with E-state index in [1.807, 2.05) is 0 Å². The number of sulfonamides is 1. The quantitative estimate of drug-likeness (QED) is 0.846. The van der Waals surface area contributed by atoms with Crippen molar-refractivity contribution in [2.45, 2.75) is 4.90 Å². The van der Waals surface area contributed by atoms with E-state index in [9.17, 15) is 17.6 Å². The summed E-state index contributed by atoms with van der Waals surface area (Å²) in [4.78, 5) is 11.4. The van der Waals surface area contributed by atoms with Crippen LogP contribution < -0.4 is 9.46 Å². The monoisotopic (exact) mass is 339 g/mol. The summed E-state index contributed by atoms with van der Waals surface area (Å²) in [5, 5.41) is 0. The molecule has 0 aromatic heterocycles. The number of halogens is 1. The molecule has 0 unspecified atom stereocenters. The summed E-state index contributed by atoms with van der Waals surface area (Å²) in [5.74, 6) is -0.938. The van der Waals surface area contributed by atoms with Crippen LogP contribution in [0.4, 0.5) is 10.1 Å². The number of ether oxygens (including phenoxy) is 2. The fourth-order valence-corrected chi connectivity index (χ4v) is 2.91. The van der Waals surface area contributed by atoms with Gasteiger partial charge in [0.05, 0.1) is 30.4 Å². The molecule has 122 valence electrons. The molecule has 0 aliphatic heterocycles. The number of carbonyl (C=O) groups excluding carboxylic acids is 1. The van der Waals surface area contributed by atoms with E-state index in [-0.39, 0.29) is 21.9 Å². The van der Waals surface area contributed by atoms with E-state index in [0.29, 0.717) is 0 Å². The van der Waals surface area contributed by atoms with Crippen molar-refractivity contribution in [1.29, 1.82) is 0 Å². The van der Waals surface area contributed by atoms with Gasteiger partial charge in [0.25, 0.3) is 10.0 Å². The third-order valence-electron chi connectivity index (χ3n) is 2.99. The number of benzene rings is 2. The summed E-state index contributed by atoms with van der Waals surface area (Å²) < 4.78 is 49.5. The molecule has 0 atom stereocenters. The number of methoxy groups -OCH3 is 2. The first-order valence-corrected chi connectivity index (χ1v) is 7.90. The van der Waals surface area contributed by atoms with Crippen LogP contribution in [-0.4, -0.2) is 28.6 Å². The molecule has 2 aromatic rings. The molecule has 0 amide bonds. The molecule has 0 saturated carbocycles. The van der Waals surface area contributed by atoms with Crippen LogP contribution in [0.3, 0.4) is 0 Å². The highest BCUT2D eigenvalue weighted by molar-refractivity contribution is 7.92. The number of anilines is 1. The first-order chi connectivity index (χ1) is 10.9. The van der Waals surface area contributed by atoms with Crippen LogP contribution in [0, 0.1) is 5.82 Å². The maximum atomic E-state index is 12.9. The minimum absolute atomic E-state index is 0.0692. The molecule has 0 aliphatic rings. The van der Waals surface area contributed by atoms with Gasteiger partial charge >= 0.3 is 5.97 Å². The first kappa shape index (κ1) is 16.8. The Morgan fingerprint density at radius 3 is 2.30 bits per heavy atom. The van der Waals surface area contributed by atoms with Crippen molar-refractivity contribution < 1.29 is 27.1 Å².